The number of hydrogen-bond donors (Lipinski definition) is 0. The molecule has 3 rings (SSSR count). The number of fused-ring (bicyclic) bond motifs is 1. The van der Waals surface area contributed by atoms with Crippen LogP contribution in [0.2, 0.25) is 0 Å². The fourth-order valence-corrected chi connectivity index (χ4v) is 4.06. The largest absolute Gasteiger partial charge is 0.497 e. The second-order valence-corrected chi connectivity index (χ2v) is 8.21. The van der Waals surface area contributed by atoms with Crippen molar-refractivity contribution in [3.8, 4) is 5.75 Å². The van der Waals surface area contributed by atoms with Gasteiger partial charge < -0.3 is 19.3 Å². The van der Waals surface area contributed by atoms with Gasteiger partial charge in [0.15, 0.2) is 6.10 Å². The van der Waals surface area contributed by atoms with Crippen molar-refractivity contribution in [1.29, 1.82) is 0 Å². The Morgan fingerprint density at radius 2 is 1.79 bits per heavy atom. The van der Waals surface area contributed by atoms with E-state index in [0.717, 1.165) is 6.07 Å². The Balaban J connectivity index is 0.00000408. The molecule has 2 atom stereocenters. The summed E-state index contributed by atoms with van der Waals surface area (Å²) in [6.07, 6.45) is -6.00. The van der Waals surface area contributed by atoms with Crippen LogP contribution < -0.4 is 9.64 Å². The number of carbonyl (C=O) groups excluding carboxylic acids is 2. The quantitative estimate of drug-likeness (QED) is 0.553. The highest BCUT2D eigenvalue weighted by atomic mass is 35.5. The molecule has 1 amide bonds. The molecular formula is C24H28ClF3N2O4. The summed E-state index contributed by atoms with van der Waals surface area (Å²) in [5.74, 6) is -1.47. The van der Waals surface area contributed by atoms with Crippen LogP contribution in [0.25, 0.3) is 0 Å². The molecule has 0 spiro atoms. The van der Waals surface area contributed by atoms with E-state index in [1.807, 2.05) is 4.90 Å². The monoisotopic (exact) mass is 500 g/mol. The molecule has 6 nitrogen and oxygen atoms in total. The molecule has 186 valence electrons. The molecule has 0 saturated heterocycles. The minimum absolute atomic E-state index is 0. The predicted molar refractivity (Wildman–Crippen MR) is 125 cm³/mol. The van der Waals surface area contributed by atoms with Crippen molar-refractivity contribution in [2.45, 2.75) is 31.5 Å². The standard InChI is InChI=1S/C24H27F3N2O4.ClH/c1-15(30)33-22-18(16-8-10-17(32-4)11-9-16)14-19-20(24(25,26)27)6-5-7-21(19)29(23(22)31)13-12-28(2)3;/h5-11,18,22H,12-14H2,1-4H3;1H/t18-,22-;/m1./s1. The average Bonchev–Trinajstić information content (AvgIpc) is 2.86. The Kier molecular flexibility index (Phi) is 8.96. The molecule has 0 saturated carbocycles. The molecule has 1 aliphatic rings. The van der Waals surface area contributed by atoms with Gasteiger partial charge in [-0.3, -0.25) is 9.59 Å². The maximum absolute atomic E-state index is 14.0. The average molecular weight is 501 g/mol. The van der Waals surface area contributed by atoms with Crippen LogP contribution in [0.3, 0.4) is 0 Å². The predicted octanol–water partition coefficient (Wildman–Crippen LogP) is 4.30. The molecule has 1 aliphatic heterocycles. The molecule has 0 aliphatic carbocycles. The van der Waals surface area contributed by atoms with Gasteiger partial charge in [0.1, 0.15) is 5.75 Å². The van der Waals surface area contributed by atoms with Crippen molar-refractivity contribution in [3.63, 3.8) is 0 Å². The van der Waals surface area contributed by atoms with Gasteiger partial charge >= 0.3 is 12.1 Å². The zero-order valence-corrected chi connectivity index (χ0v) is 20.2. The lowest BCUT2D eigenvalue weighted by Gasteiger charge is -2.29. The van der Waals surface area contributed by atoms with Crippen LogP contribution in [0.4, 0.5) is 18.9 Å². The Hall–Kier alpha value is -2.78. The molecular weight excluding hydrogens is 473 g/mol. The van der Waals surface area contributed by atoms with Crippen LogP contribution in [-0.2, 0) is 26.9 Å². The number of anilines is 1. The fourth-order valence-electron chi connectivity index (χ4n) is 4.06. The number of halogens is 4. The number of nitrogens with zero attached hydrogens (tertiary/aromatic N) is 2. The summed E-state index contributed by atoms with van der Waals surface area (Å²) >= 11 is 0. The van der Waals surface area contributed by atoms with Crippen molar-refractivity contribution in [2.75, 3.05) is 39.2 Å². The van der Waals surface area contributed by atoms with Crippen LogP contribution in [-0.4, -0.2) is 57.2 Å². The van der Waals surface area contributed by atoms with Crippen LogP contribution >= 0.6 is 12.4 Å². The van der Waals surface area contributed by atoms with E-state index in [0.29, 0.717) is 17.9 Å². The first-order chi connectivity index (χ1) is 15.5. The van der Waals surface area contributed by atoms with E-state index in [4.69, 9.17) is 9.47 Å². The van der Waals surface area contributed by atoms with Gasteiger partial charge in [-0.05, 0) is 55.9 Å². The van der Waals surface area contributed by atoms with Crippen molar-refractivity contribution in [1.82, 2.24) is 4.90 Å². The van der Waals surface area contributed by atoms with Crippen LogP contribution in [0.1, 0.15) is 29.5 Å². The molecule has 0 unspecified atom stereocenters. The third-order valence-electron chi connectivity index (χ3n) is 5.65. The molecule has 0 bridgehead atoms. The summed E-state index contributed by atoms with van der Waals surface area (Å²) in [7, 11) is 5.11. The summed E-state index contributed by atoms with van der Waals surface area (Å²) in [6, 6.07) is 10.5. The van der Waals surface area contributed by atoms with Gasteiger partial charge in [0.05, 0.1) is 12.7 Å². The minimum atomic E-state index is -4.60. The van der Waals surface area contributed by atoms with E-state index in [1.165, 1.54) is 31.1 Å². The number of amides is 1. The molecule has 10 heteroatoms. The van der Waals surface area contributed by atoms with Gasteiger partial charge in [-0.1, -0.05) is 18.2 Å². The van der Waals surface area contributed by atoms with Crippen molar-refractivity contribution in [2.24, 2.45) is 0 Å². The highest BCUT2D eigenvalue weighted by Crippen LogP contribution is 2.43. The third kappa shape index (κ3) is 6.01. The van der Waals surface area contributed by atoms with Gasteiger partial charge in [-0.15, -0.1) is 12.4 Å². The number of rotatable bonds is 6. The summed E-state index contributed by atoms with van der Waals surface area (Å²) in [4.78, 5) is 28.7. The number of benzene rings is 2. The minimum Gasteiger partial charge on any atom is -0.497 e. The van der Waals surface area contributed by atoms with Crippen molar-refractivity contribution >= 4 is 30.0 Å². The van der Waals surface area contributed by atoms with Crippen LogP contribution in [0.15, 0.2) is 42.5 Å². The number of likely N-dealkylation sites (N-methyl/N-ethyl adjacent to an activating group) is 1. The number of esters is 1. The molecule has 0 fully saturated rings. The lowest BCUT2D eigenvalue weighted by atomic mass is 9.86. The Bertz CT molecular complexity index is 1010. The van der Waals surface area contributed by atoms with Gasteiger partial charge in [0, 0.05) is 31.6 Å². The van der Waals surface area contributed by atoms with Crippen LogP contribution in [0.5, 0.6) is 5.75 Å². The van der Waals surface area contributed by atoms with Gasteiger partial charge in [0.25, 0.3) is 5.91 Å². The van der Waals surface area contributed by atoms with Crippen LogP contribution in [0, 0.1) is 0 Å². The first-order valence-corrected chi connectivity index (χ1v) is 10.5. The first-order valence-electron chi connectivity index (χ1n) is 10.5. The zero-order valence-electron chi connectivity index (χ0n) is 19.4. The lowest BCUT2D eigenvalue weighted by molar-refractivity contribution is -0.154. The molecule has 0 N–H and O–H groups in total. The molecule has 2 aromatic carbocycles. The third-order valence-corrected chi connectivity index (χ3v) is 5.65. The van der Waals surface area contributed by atoms with Gasteiger partial charge in [0.2, 0.25) is 0 Å². The molecule has 2 aromatic rings. The molecule has 0 aromatic heterocycles. The number of hydrogen-bond acceptors (Lipinski definition) is 5. The van der Waals surface area contributed by atoms with Gasteiger partial charge in [-0.2, -0.15) is 13.2 Å². The summed E-state index contributed by atoms with van der Waals surface area (Å²) in [5.41, 5.74) is -0.0326. The SMILES string of the molecule is COc1ccc([C@H]2Cc3c(cccc3C(F)(F)F)N(CCN(C)C)C(=O)[C@@H]2OC(C)=O)cc1.Cl. The van der Waals surface area contributed by atoms with E-state index in [9.17, 15) is 22.8 Å². The molecule has 0 radical (unpaired) electrons. The Morgan fingerprint density at radius 3 is 2.32 bits per heavy atom. The first kappa shape index (κ1) is 27.5. The zero-order chi connectivity index (χ0) is 24.3. The summed E-state index contributed by atoms with van der Waals surface area (Å²) < 4.78 is 52.5. The highest BCUT2D eigenvalue weighted by molar-refractivity contribution is 6.00. The number of methoxy groups -OCH3 is 1. The second-order valence-electron chi connectivity index (χ2n) is 8.21. The number of ether oxygens (including phenoxy) is 2. The Labute approximate surface area is 203 Å². The Morgan fingerprint density at radius 1 is 1.15 bits per heavy atom. The second kappa shape index (κ2) is 11.1. The van der Waals surface area contributed by atoms with E-state index < -0.39 is 35.6 Å². The molecule has 34 heavy (non-hydrogen) atoms. The van der Waals surface area contributed by atoms with E-state index >= 15 is 0 Å². The lowest BCUT2D eigenvalue weighted by Crippen LogP contribution is -2.45. The van der Waals surface area contributed by atoms with E-state index in [2.05, 4.69) is 0 Å². The van der Waals surface area contributed by atoms with Gasteiger partial charge in [-0.25, -0.2) is 0 Å². The normalized spacial score (nSPS) is 18.1. The fraction of sp³-hybridized carbons (Fsp3) is 0.417. The summed E-state index contributed by atoms with van der Waals surface area (Å²) in [6.45, 7) is 1.75. The maximum Gasteiger partial charge on any atom is 0.416 e. The van der Waals surface area contributed by atoms with Crippen molar-refractivity contribution < 1.29 is 32.2 Å². The maximum atomic E-state index is 14.0. The summed E-state index contributed by atoms with van der Waals surface area (Å²) in [5, 5.41) is 0. The van der Waals surface area contributed by atoms with E-state index in [-0.39, 0.29) is 36.6 Å². The number of alkyl halides is 3. The van der Waals surface area contributed by atoms with E-state index in [1.54, 1.807) is 38.4 Å². The highest BCUT2D eigenvalue weighted by Gasteiger charge is 2.43. The number of carbonyl (C=O) groups is 2. The topological polar surface area (TPSA) is 59.1 Å². The molecule has 1 heterocycles. The van der Waals surface area contributed by atoms with Crippen molar-refractivity contribution in [3.05, 3.63) is 59.2 Å². The smallest absolute Gasteiger partial charge is 0.416 e.